The van der Waals surface area contributed by atoms with Crippen LogP contribution in [0.25, 0.3) is 10.8 Å². The molecule has 1 aromatic heterocycles. The Labute approximate surface area is 93.3 Å². The zero-order valence-corrected chi connectivity index (χ0v) is 9.84. The molecule has 0 saturated carbocycles. The number of anilines is 1. The molecule has 13 heavy (non-hydrogen) atoms. The molecule has 4 radical (unpaired) electrons. The molecule has 0 aliphatic carbocycles. The molecule has 0 unspecified atom stereocenters. The molecule has 4 heteroatoms. The Balaban J connectivity index is 0.000000845. The second-order valence-electron chi connectivity index (χ2n) is 2.58. The number of rotatable bonds is 1. The minimum atomic E-state index is 0. The third kappa shape index (κ3) is 2.10. The van der Waals surface area contributed by atoms with Gasteiger partial charge in [-0.25, -0.2) is 0 Å². The van der Waals surface area contributed by atoms with Gasteiger partial charge >= 0.3 is 0 Å². The van der Waals surface area contributed by atoms with Gasteiger partial charge in [-0.3, -0.25) is 10.8 Å². The zero-order chi connectivity index (χ0) is 8.39. The molecule has 64 valence electrons. The topological polar surface area (TPSA) is 50.9 Å². The van der Waals surface area contributed by atoms with Crippen molar-refractivity contribution in [3.05, 3.63) is 36.7 Å². The first-order chi connectivity index (χ1) is 5.90. The Hall–Kier alpha value is -0.811. The van der Waals surface area contributed by atoms with Crippen molar-refractivity contribution in [3.8, 4) is 0 Å². The van der Waals surface area contributed by atoms with E-state index in [1.807, 2.05) is 30.5 Å². The molecule has 0 aliphatic rings. The molecule has 1 heterocycles. The van der Waals surface area contributed by atoms with Crippen LogP contribution in [0.3, 0.4) is 0 Å². The summed E-state index contributed by atoms with van der Waals surface area (Å²) in [4.78, 5) is 4.02. The van der Waals surface area contributed by atoms with E-state index in [1.165, 1.54) is 0 Å². The van der Waals surface area contributed by atoms with E-state index >= 15 is 0 Å². The average Bonchev–Trinajstić information content (AvgIpc) is 2.17. The maximum atomic E-state index is 5.28. The van der Waals surface area contributed by atoms with Gasteiger partial charge in [0.25, 0.3) is 0 Å². The largest absolute Gasteiger partial charge is 0.324 e. The van der Waals surface area contributed by atoms with E-state index in [4.69, 9.17) is 5.84 Å². The molecular formula is C9H9N3Sn. The van der Waals surface area contributed by atoms with E-state index < -0.39 is 0 Å². The van der Waals surface area contributed by atoms with Crippen molar-refractivity contribution in [1.29, 1.82) is 0 Å². The van der Waals surface area contributed by atoms with Gasteiger partial charge in [-0.2, -0.15) is 0 Å². The molecule has 0 bridgehead atoms. The van der Waals surface area contributed by atoms with Crippen molar-refractivity contribution in [2.45, 2.75) is 0 Å². The maximum absolute atomic E-state index is 5.28. The first-order valence-electron chi connectivity index (χ1n) is 3.70. The molecule has 0 aliphatic heterocycles. The minimum absolute atomic E-state index is 0. The molecule has 2 aromatic rings. The van der Waals surface area contributed by atoms with Crippen LogP contribution in [0.15, 0.2) is 36.7 Å². The van der Waals surface area contributed by atoms with Crippen LogP contribution in [0.4, 0.5) is 5.69 Å². The molecule has 2 rings (SSSR count). The minimum Gasteiger partial charge on any atom is -0.324 e. The molecule has 1 aromatic carbocycles. The van der Waals surface area contributed by atoms with E-state index in [0.717, 1.165) is 16.5 Å². The number of nitrogens with one attached hydrogen (secondary N) is 1. The Morgan fingerprint density at radius 3 is 2.77 bits per heavy atom. The summed E-state index contributed by atoms with van der Waals surface area (Å²) < 4.78 is 0. The second kappa shape index (κ2) is 4.43. The van der Waals surface area contributed by atoms with E-state index in [1.54, 1.807) is 6.20 Å². The van der Waals surface area contributed by atoms with Gasteiger partial charge in [0.1, 0.15) is 0 Å². The van der Waals surface area contributed by atoms with Crippen molar-refractivity contribution >= 4 is 40.4 Å². The maximum Gasteiger partial charge on any atom is 0.0491 e. The summed E-state index contributed by atoms with van der Waals surface area (Å²) >= 11 is 0. The van der Waals surface area contributed by atoms with Gasteiger partial charge in [0.2, 0.25) is 0 Å². The van der Waals surface area contributed by atoms with Crippen LogP contribution in [0.5, 0.6) is 0 Å². The molecule has 0 fully saturated rings. The standard InChI is InChI=1S/C9H9N3.Sn/c10-12-9-2-1-8-6-11-4-3-7(8)5-9;/h1-6,12H,10H2;. The molecule has 0 spiro atoms. The Morgan fingerprint density at radius 2 is 2.00 bits per heavy atom. The Morgan fingerprint density at radius 1 is 1.15 bits per heavy atom. The van der Waals surface area contributed by atoms with Crippen LogP contribution >= 0.6 is 0 Å². The van der Waals surface area contributed by atoms with Crippen LogP contribution in [-0.4, -0.2) is 28.9 Å². The van der Waals surface area contributed by atoms with E-state index in [0.29, 0.717) is 0 Å². The van der Waals surface area contributed by atoms with Crippen molar-refractivity contribution < 1.29 is 0 Å². The van der Waals surface area contributed by atoms with Crippen LogP contribution < -0.4 is 11.3 Å². The fourth-order valence-corrected chi connectivity index (χ4v) is 1.17. The molecule has 3 nitrogen and oxygen atoms in total. The fraction of sp³-hybridized carbons (Fsp3) is 0. The van der Waals surface area contributed by atoms with Gasteiger partial charge in [0.15, 0.2) is 0 Å². The molecule has 0 saturated heterocycles. The quantitative estimate of drug-likeness (QED) is 0.467. The monoisotopic (exact) mass is 279 g/mol. The number of nitrogen functional groups attached to an aromatic ring is 1. The number of pyridine rings is 1. The van der Waals surface area contributed by atoms with Gasteiger partial charge in [-0.05, 0) is 23.6 Å². The number of benzene rings is 1. The summed E-state index contributed by atoms with van der Waals surface area (Å²) in [6, 6.07) is 7.84. The van der Waals surface area contributed by atoms with Crippen LogP contribution in [0.2, 0.25) is 0 Å². The summed E-state index contributed by atoms with van der Waals surface area (Å²) in [6.45, 7) is 0. The number of nitrogens with two attached hydrogens (primary N) is 1. The number of fused-ring (bicyclic) bond motifs is 1. The summed E-state index contributed by atoms with van der Waals surface area (Å²) in [5.41, 5.74) is 3.51. The zero-order valence-electron chi connectivity index (χ0n) is 6.99. The summed E-state index contributed by atoms with van der Waals surface area (Å²) in [5.74, 6) is 5.28. The Bertz CT molecular complexity index is 403. The van der Waals surface area contributed by atoms with Gasteiger partial charge < -0.3 is 5.43 Å². The van der Waals surface area contributed by atoms with E-state index in [-0.39, 0.29) is 23.9 Å². The van der Waals surface area contributed by atoms with Gasteiger partial charge in [0, 0.05) is 47.4 Å². The first-order valence-corrected chi connectivity index (χ1v) is 3.70. The van der Waals surface area contributed by atoms with Crippen LogP contribution in [-0.2, 0) is 0 Å². The van der Waals surface area contributed by atoms with Crippen molar-refractivity contribution in [2.24, 2.45) is 5.84 Å². The number of aromatic nitrogens is 1. The van der Waals surface area contributed by atoms with Crippen LogP contribution in [0, 0.1) is 0 Å². The number of hydrogen-bond donors (Lipinski definition) is 2. The van der Waals surface area contributed by atoms with Crippen LogP contribution in [0.1, 0.15) is 0 Å². The predicted molar refractivity (Wildman–Crippen MR) is 55.3 cm³/mol. The third-order valence-electron chi connectivity index (χ3n) is 1.81. The van der Waals surface area contributed by atoms with Gasteiger partial charge in [0.05, 0.1) is 0 Å². The van der Waals surface area contributed by atoms with E-state index in [9.17, 15) is 0 Å². The molecular weight excluding hydrogens is 269 g/mol. The van der Waals surface area contributed by atoms with Crippen molar-refractivity contribution in [1.82, 2.24) is 4.98 Å². The van der Waals surface area contributed by atoms with Gasteiger partial charge in [-0.15, -0.1) is 0 Å². The first kappa shape index (κ1) is 10.3. The van der Waals surface area contributed by atoms with Crippen molar-refractivity contribution in [3.63, 3.8) is 0 Å². The number of nitrogens with zero attached hydrogens (tertiary/aromatic N) is 1. The summed E-state index contributed by atoms with van der Waals surface area (Å²) in [5, 5.41) is 2.26. The summed E-state index contributed by atoms with van der Waals surface area (Å²) in [6.07, 6.45) is 3.60. The smallest absolute Gasteiger partial charge is 0.0491 e. The average molecular weight is 278 g/mol. The second-order valence-corrected chi connectivity index (χ2v) is 2.58. The fourth-order valence-electron chi connectivity index (χ4n) is 1.17. The van der Waals surface area contributed by atoms with E-state index in [2.05, 4.69) is 10.4 Å². The normalized spacial score (nSPS) is 9.31. The number of hydrogen-bond acceptors (Lipinski definition) is 3. The SMILES string of the molecule is NNc1ccc2cnccc2c1.[Sn]. The molecule has 0 amide bonds. The molecule has 3 N–H and O–H groups in total. The summed E-state index contributed by atoms with van der Waals surface area (Å²) in [7, 11) is 0. The van der Waals surface area contributed by atoms with Crippen molar-refractivity contribution in [2.75, 3.05) is 5.43 Å². The molecule has 0 atom stereocenters. The van der Waals surface area contributed by atoms with Gasteiger partial charge in [-0.1, -0.05) is 6.07 Å². The number of hydrazine groups is 1. The Kier molecular flexibility index (Phi) is 3.50. The third-order valence-corrected chi connectivity index (χ3v) is 1.81. The predicted octanol–water partition coefficient (Wildman–Crippen LogP) is 1.14.